The number of likely N-dealkylation sites (tertiary alicyclic amines) is 2. The van der Waals surface area contributed by atoms with Crippen molar-refractivity contribution in [2.45, 2.75) is 30.2 Å². The zero-order chi connectivity index (χ0) is 17.2. The smallest absolute Gasteiger partial charge is 0.232 e. The lowest BCUT2D eigenvalue weighted by atomic mass is 10.1. The van der Waals surface area contributed by atoms with E-state index in [4.69, 9.17) is 11.6 Å². The number of amides is 1. The van der Waals surface area contributed by atoms with Crippen LogP contribution in [0.1, 0.15) is 19.3 Å². The van der Waals surface area contributed by atoms with Crippen LogP contribution in [0.2, 0.25) is 5.02 Å². The van der Waals surface area contributed by atoms with E-state index < -0.39 is 0 Å². The van der Waals surface area contributed by atoms with Crippen molar-refractivity contribution < 1.29 is 4.79 Å². The Morgan fingerprint density at radius 3 is 2.68 bits per heavy atom. The van der Waals surface area contributed by atoms with E-state index in [-0.39, 0.29) is 5.91 Å². The van der Waals surface area contributed by atoms with E-state index in [0.717, 1.165) is 40.2 Å². The summed E-state index contributed by atoms with van der Waals surface area (Å²) >= 11 is 7.99. The molecule has 0 radical (unpaired) electrons. The molecule has 0 bridgehead atoms. The molecule has 5 heteroatoms. The predicted octanol–water partition coefficient (Wildman–Crippen LogP) is 4.28. The van der Waals surface area contributed by atoms with Crippen molar-refractivity contribution in [2.24, 2.45) is 0 Å². The first-order valence-corrected chi connectivity index (χ1v) is 10.4. The number of halogens is 1. The number of carbonyl (C=O) groups excluding carboxylic acids is 1. The maximum Gasteiger partial charge on any atom is 0.232 e. The van der Waals surface area contributed by atoms with Gasteiger partial charge in [0, 0.05) is 34.4 Å². The van der Waals surface area contributed by atoms with Crippen molar-refractivity contribution in [1.29, 1.82) is 0 Å². The molecular formula is C20H23ClN2OS. The molecule has 0 aromatic heterocycles. The summed E-state index contributed by atoms with van der Waals surface area (Å²) in [6, 6.07) is 12.7. The Balaban J connectivity index is 1.39. The van der Waals surface area contributed by atoms with Crippen molar-refractivity contribution in [3.8, 4) is 0 Å². The summed E-state index contributed by atoms with van der Waals surface area (Å²) in [4.78, 5) is 18.3. The second-order valence-electron chi connectivity index (χ2n) is 6.91. The van der Waals surface area contributed by atoms with Gasteiger partial charge in [-0.3, -0.25) is 9.69 Å². The zero-order valence-corrected chi connectivity index (χ0v) is 15.9. The Kier molecular flexibility index (Phi) is 5.20. The summed E-state index contributed by atoms with van der Waals surface area (Å²) in [6.45, 7) is 4.21. The van der Waals surface area contributed by atoms with Gasteiger partial charge >= 0.3 is 0 Å². The average molecular weight is 375 g/mol. The highest BCUT2D eigenvalue weighted by molar-refractivity contribution is 8.00. The van der Waals surface area contributed by atoms with Crippen LogP contribution in [0.5, 0.6) is 0 Å². The van der Waals surface area contributed by atoms with E-state index >= 15 is 0 Å². The molecule has 0 saturated carbocycles. The van der Waals surface area contributed by atoms with Gasteiger partial charge in [0.1, 0.15) is 0 Å². The van der Waals surface area contributed by atoms with Gasteiger partial charge in [-0.05, 0) is 49.9 Å². The van der Waals surface area contributed by atoms with Crippen molar-refractivity contribution in [2.75, 3.05) is 31.9 Å². The molecule has 2 aliphatic rings. The monoisotopic (exact) mass is 374 g/mol. The predicted molar refractivity (Wildman–Crippen MR) is 105 cm³/mol. The van der Waals surface area contributed by atoms with Gasteiger partial charge in [0.05, 0.1) is 5.75 Å². The summed E-state index contributed by atoms with van der Waals surface area (Å²) in [5.74, 6) is 0.729. The molecule has 2 heterocycles. The Labute approximate surface area is 158 Å². The van der Waals surface area contributed by atoms with E-state index in [2.05, 4.69) is 23.1 Å². The van der Waals surface area contributed by atoms with Crippen LogP contribution in [-0.4, -0.2) is 53.7 Å². The van der Waals surface area contributed by atoms with Crippen LogP contribution in [0.25, 0.3) is 10.8 Å². The first-order valence-electron chi connectivity index (χ1n) is 9.04. The van der Waals surface area contributed by atoms with Crippen LogP contribution < -0.4 is 0 Å². The van der Waals surface area contributed by atoms with E-state index in [1.54, 1.807) is 11.8 Å². The molecule has 4 rings (SSSR count). The van der Waals surface area contributed by atoms with Gasteiger partial charge in [0.25, 0.3) is 0 Å². The second kappa shape index (κ2) is 7.56. The van der Waals surface area contributed by atoms with Crippen LogP contribution in [-0.2, 0) is 4.79 Å². The third-order valence-corrected chi connectivity index (χ3v) is 6.70. The van der Waals surface area contributed by atoms with Gasteiger partial charge in [0.15, 0.2) is 0 Å². The topological polar surface area (TPSA) is 23.6 Å². The van der Waals surface area contributed by atoms with Gasteiger partial charge in [-0.25, -0.2) is 0 Å². The van der Waals surface area contributed by atoms with E-state index in [9.17, 15) is 4.79 Å². The van der Waals surface area contributed by atoms with Gasteiger partial charge in [-0.15, -0.1) is 11.8 Å². The number of hydrogen-bond donors (Lipinski definition) is 0. The zero-order valence-electron chi connectivity index (χ0n) is 14.3. The van der Waals surface area contributed by atoms with Crippen molar-refractivity contribution in [3.63, 3.8) is 0 Å². The maximum atomic E-state index is 12.7. The minimum absolute atomic E-state index is 0.246. The standard InChI is InChI=1S/C20H23ClN2OS/c21-17-7-3-5-15-6-4-8-18(20(15)17)25-14-19(24)23-12-9-16(13-23)22-10-1-2-11-22/h3-8,16H,1-2,9-14H2. The highest BCUT2D eigenvalue weighted by atomic mass is 35.5. The number of benzene rings is 2. The minimum atomic E-state index is 0.246. The lowest BCUT2D eigenvalue weighted by Crippen LogP contribution is -2.37. The Bertz CT molecular complexity index is 770. The molecule has 2 aromatic carbocycles. The van der Waals surface area contributed by atoms with Gasteiger partial charge in [-0.2, -0.15) is 0 Å². The van der Waals surface area contributed by atoms with Gasteiger partial charge in [-0.1, -0.05) is 35.9 Å². The fourth-order valence-corrected chi connectivity index (χ4v) is 5.33. The fourth-order valence-electron chi connectivity index (χ4n) is 3.99. The number of carbonyl (C=O) groups is 1. The third-order valence-electron chi connectivity index (χ3n) is 5.34. The summed E-state index contributed by atoms with van der Waals surface area (Å²) < 4.78 is 0. The first kappa shape index (κ1) is 17.2. The second-order valence-corrected chi connectivity index (χ2v) is 8.33. The molecular weight excluding hydrogens is 352 g/mol. The molecule has 2 fully saturated rings. The van der Waals surface area contributed by atoms with Crippen LogP contribution in [0, 0.1) is 0 Å². The van der Waals surface area contributed by atoms with Gasteiger partial charge in [0.2, 0.25) is 5.91 Å². The Morgan fingerprint density at radius 1 is 1.12 bits per heavy atom. The Hall–Kier alpha value is -1.23. The van der Waals surface area contributed by atoms with Crippen molar-refractivity contribution in [3.05, 3.63) is 41.4 Å². The average Bonchev–Trinajstić information content (AvgIpc) is 3.31. The molecule has 0 aliphatic carbocycles. The fraction of sp³-hybridized carbons (Fsp3) is 0.450. The highest BCUT2D eigenvalue weighted by Gasteiger charge is 2.31. The molecule has 0 spiro atoms. The quantitative estimate of drug-likeness (QED) is 0.746. The number of thioether (sulfide) groups is 1. The molecule has 1 atom stereocenters. The minimum Gasteiger partial charge on any atom is -0.340 e. The van der Waals surface area contributed by atoms with Crippen LogP contribution >= 0.6 is 23.4 Å². The lowest BCUT2D eigenvalue weighted by molar-refractivity contribution is -0.127. The molecule has 2 aromatic rings. The molecule has 3 nitrogen and oxygen atoms in total. The normalized spacial score (nSPS) is 21.3. The van der Waals surface area contributed by atoms with Crippen LogP contribution in [0.15, 0.2) is 41.3 Å². The highest BCUT2D eigenvalue weighted by Crippen LogP contribution is 2.33. The van der Waals surface area contributed by atoms with Gasteiger partial charge < -0.3 is 4.90 Å². The molecule has 2 aliphatic heterocycles. The number of rotatable bonds is 4. The lowest BCUT2D eigenvalue weighted by Gasteiger charge is -2.23. The van der Waals surface area contributed by atoms with Crippen LogP contribution in [0.3, 0.4) is 0 Å². The summed E-state index contributed by atoms with van der Waals surface area (Å²) in [7, 11) is 0. The number of hydrogen-bond acceptors (Lipinski definition) is 3. The molecule has 0 N–H and O–H groups in total. The number of fused-ring (bicyclic) bond motifs is 1. The molecule has 132 valence electrons. The van der Waals surface area contributed by atoms with Crippen molar-refractivity contribution in [1.82, 2.24) is 9.80 Å². The van der Waals surface area contributed by atoms with E-state index in [1.165, 1.54) is 25.9 Å². The summed E-state index contributed by atoms with van der Waals surface area (Å²) in [5, 5.41) is 2.93. The summed E-state index contributed by atoms with van der Waals surface area (Å²) in [6.07, 6.45) is 3.74. The first-order chi connectivity index (χ1) is 12.2. The SMILES string of the molecule is O=C(CSc1cccc2cccc(Cl)c12)N1CCC(N2CCCC2)C1. The largest absolute Gasteiger partial charge is 0.340 e. The molecule has 1 amide bonds. The molecule has 2 saturated heterocycles. The third kappa shape index (κ3) is 3.67. The van der Waals surface area contributed by atoms with Crippen molar-refractivity contribution >= 4 is 40.0 Å². The molecule has 25 heavy (non-hydrogen) atoms. The van der Waals surface area contributed by atoms with E-state index in [1.807, 2.05) is 23.1 Å². The number of nitrogens with zero attached hydrogens (tertiary/aromatic N) is 2. The van der Waals surface area contributed by atoms with E-state index in [0.29, 0.717) is 11.8 Å². The molecule has 1 unspecified atom stereocenters. The maximum absolute atomic E-state index is 12.7. The summed E-state index contributed by atoms with van der Waals surface area (Å²) in [5.41, 5.74) is 0. The van der Waals surface area contributed by atoms with Crippen LogP contribution in [0.4, 0.5) is 0 Å². The Morgan fingerprint density at radius 2 is 1.88 bits per heavy atom.